The van der Waals surface area contributed by atoms with Gasteiger partial charge in [-0.3, -0.25) is 4.79 Å². The van der Waals surface area contributed by atoms with Crippen LogP contribution in [0.5, 0.6) is 11.6 Å². The van der Waals surface area contributed by atoms with Gasteiger partial charge in [-0.05, 0) is 37.1 Å². The standard InChI is InChI=1S/C29H28ClN3O3/c1-32-29(36-26-17-9-8-16-25(26)30)24(27(31-32)21-11-4-2-5-12-21)20-33(19-23-15-10-18-35-23)28(34)22-13-6-3-7-14-22/h2-9,11-14,16-17,23H,10,15,18-20H2,1H3/t23-/m0/s1. The highest BCUT2D eigenvalue weighted by Gasteiger charge is 2.28. The molecule has 0 aliphatic carbocycles. The van der Waals surface area contributed by atoms with E-state index >= 15 is 0 Å². The van der Waals surface area contributed by atoms with E-state index in [1.165, 1.54) is 0 Å². The van der Waals surface area contributed by atoms with Gasteiger partial charge in [-0.2, -0.15) is 5.10 Å². The van der Waals surface area contributed by atoms with Crippen LogP contribution in [0.4, 0.5) is 0 Å². The summed E-state index contributed by atoms with van der Waals surface area (Å²) in [6.45, 7) is 1.52. The lowest BCUT2D eigenvalue weighted by Gasteiger charge is -2.26. The van der Waals surface area contributed by atoms with Gasteiger partial charge in [0.15, 0.2) is 0 Å². The van der Waals surface area contributed by atoms with E-state index < -0.39 is 0 Å². The molecule has 1 aliphatic heterocycles. The van der Waals surface area contributed by atoms with Crippen molar-refractivity contribution in [2.24, 2.45) is 7.05 Å². The van der Waals surface area contributed by atoms with Crippen molar-refractivity contribution in [3.63, 3.8) is 0 Å². The smallest absolute Gasteiger partial charge is 0.254 e. The molecule has 0 unspecified atom stereocenters. The third-order valence-corrected chi connectivity index (χ3v) is 6.60. The molecule has 0 N–H and O–H groups in total. The molecule has 6 nitrogen and oxygen atoms in total. The van der Waals surface area contributed by atoms with Crippen molar-refractivity contribution in [1.82, 2.24) is 14.7 Å². The maximum Gasteiger partial charge on any atom is 0.254 e. The normalized spacial score (nSPS) is 15.1. The van der Waals surface area contributed by atoms with Gasteiger partial charge in [0, 0.05) is 31.3 Å². The van der Waals surface area contributed by atoms with E-state index in [9.17, 15) is 4.79 Å². The van der Waals surface area contributed by atoms with Gasteiger partial charge in [0.25, 0.3) is 5.91 Å². The number of aryl methyl sites for hydroxylation is 1. The van der Waals surface area contributed by atoms with Crippen molar-refractivity contribution in [2.75, 3.05) is 13.2 Å². The summed E-state index contributed by atoms with van der Waals surface area (Å²) < 4.78 is 13.9. The van der Waals surface area contributed by atoms with E-state index in [1.54, 1.807) is 10.7 Å². The third-order valence-electron chi connectivity index (χ3n) is 6.28. The van der Waals surface area contributed by atoms with Crippen molar-refractivity contribution in [3.05, 3.63) is 101 Å². The highest BCUT2D eigenvalue weighted by molar-refractivity contribution is 6.32. The van der Waals surface area contributed by atoms with E-state index in [2.05, 4.69) is 0 Å². The Morgan fingerprint density at radius 2 is 1.75 bits per heavy atom. The maximum absolute atomic E-state index is 13.7. The summed E-state index contributed by atoms with van der Waals surface area (Å²) in [6.07, 6.45) is 1.93. The third kappa shape index (κ3) is 5.30. The first kappa shape index (κ1) is 24.1. The Kier molecular flexibility index (Phi) is 7.35. The van der Waals surface area contributed by atoms with Gasteiger partial charge in [0.1, 0.15) is 11.4 Å². The van der Waals surface area contributed by atoms with Crippen LogP contribution in [0.1, 0.15) is 28.8 Å². The number of amides is 1. The Morgan fingerprint density at radius 3 is 2.44 bits per heavy atom. The highest BCUT2D eigenvalue weighted by Crippen LogP contribution is 2.36. The van der Waals surface area contributed by atoms with Crippen LogP contribution >= 0.6 is 11.6 Å². The summed E-state index contributed by atoms with van der Waals surface area (Å²) in [5.41, 5.74) is 3.15. The number of ether oxygens (including phenoxy) is 2. The predicted octanol–water partition coefficient (Wildman–Crippen LogP) is 6.35. The van der Waals surface area contributed by atoms with Crippen molar-refractivity contribution in [3.8, 4) is 22.9 Å². The monoisotopic (exact) mass is 501 g/mol. The summed E-state index contributed by atoms with van der Waals surface area (Å²) in [5.74, 6) is 1.01. The number of benzene rings is 3. The largest absolute Gasteiger partial charge is 0.437 e. The van der Waals surface area contributed by atoms with Gasteiger partial charge in [0.2, 0.25) is 5.88 Å². The molecule has 0 saturated carbocycles. The van der Waals surface area contributed by atoms with E-state index in [0.717, 1.165) is 36.3 Å². The van der Waals surface area contributed by atoms with Crippen LogP contribution in [-0.2, 0) is 18.3 Å². The lowest BCUT2D eigenvalue weighted by molar-refractivity contribution is 0.0506. The summed E-state index contributed by atoms with van der Waals surface area (Å²) in [5, 5.41) is 5.31. The fraction of sp³-hybridized carbons (Fsp3) is 0.241. The molecule has 4 aromatic rings. The van der Waals surface area contributed by atoms with E-state index in [-0.39, 0.29) is 12.0 Å². The molecule has 5 rings (SSSR count). The van der Waals surface area contributed by atoms with Crippen LogP contribution in [0, 0.1) is 0 Å². The minimum absolute atomic E-state index is 0.00226. The number of carbonyl (C=O) groups is 1. The first-order chi connectivity index (χ1) is 17.6. The van der Waals surface area contributed by atoms with E-state index in [4.69, 9.17) is 26.2 Å². The molecule has 1 atom stereocenters. The van der Waals surface area contributed by atoms with Crippen molar-refractivity contribution >= 4 is 17.5 Å². The van der Waals surface area contributed by atoms with Gasteiger partial charge >= 0.3 is 0 Å². The molecule has 1 amide bonds. The fourth-order valence-corrected chi connectivity index (χ4v) is 4.66. The van der Waals surface area contributed by atoms with Gasteiger partial charge in [-0.25, -0.2) is 4.68 Å². The number of rotatable bonds is 8. The van der Waals surface area contributed by atoms with Crippen LogP contribution in [-0.4, -0.2) is 39.8 Å². The molecule has 0 spiro atoms. The van der Waals surface area contributed by atoms with Gasteiger partial charge < -0.3 is 14.4 Å². The van der Waals surface area contributed by atoms with Crippen molar-refractivity contribution < 1.29 is 14.3 Å². The zero-order valence-electron chi connectivity index (χ0n) is 20.1. The molecule has 1 aliphatic rings. The molecular formula is C29H28ClN3O3. The minimum Gasteiger partial charge on any atom is -0.437 e. The zero-order chi connectivity index (χ0) is 24.9. The molecule has 1 saturated heterocycles. The molecule has 36 heavy (non-hydrogen) atoms. The summed E-state index contributed by atoms with van der Waals surface area (Å²) in [4.78, 5) is 15.5. The Morgan fingerprint density at radius 1 is 1.06 bits per heavy atom. The lowest BCUT2D eigenvalue weighted by atomic mass is 10.1. The Balaban J connectivity index is 1.57. The average Bonchev–Trinajstić information content (AvgIpc) is 3.54. The van der Waals surface area contributed by atoms with Crippen LogP contribution in [0.25, 0.3) is 11.3 Å². The second kappa shape index (κ2) is 11.0. The first-order valence-corrected chi connectivity index (χ1v) is 12.5. The van der Waals surface area contributed by atoms with Crippen molar-refractivity contribution in [2.45, 2.75) is 25.5 Å². The molecule has 0 bridgehead atoms. The van der Waals surface area contributed by atoms with E-state index in [0.29, 0.717) is 35.3 Å². The van der Waals surface area contributed by atoms with Crippen LogP contribution < -0.4 is 4.74 Å². The SMILES string of the molecule is Cn1nc(-c2ccccc2)c(CN(C[C@@H]2CCCO2)C(=O)c2ccccc2)c1Oc1ccccc1Cl. The number of halogens is 1. The van der Waals surface area contributed by atoms with Gasteiger partial charge in [-0.1, -0.05) is 72.3 Å². The molecule has 7 heteroatoms. The Labute approximate surface area is 216 Å². The second-order valence-corrected chi connectivity index (χ2v) is 9.25. The quantitative estimate of drug-likeness (QED) is 0.282. The number of nitrogens with zero attached hydrogens (tertiary/aromatic N) is 3. The maximum atomic E-state index is 13.7. The summed E-state index contributed by atoms with van der Waals surface area (Å²) >= 11 is 6.42. The van der Waals surface area contributed by atoms with Gasteiger partial charge in [-0.15, -0.1) is 0 Å². The summed E-state index contributed by atoms with van der Waals surface area (Å²) in [7, 11) is 1.84. The summed E-state index contributed by atoms with van der Waals surface area (Å²) in [6, 6.07) is 26.6. The second-order valence-electron chi connectivity index (χ2n) is 8.84. The van der Waals surface area contributed by atoms with Crippen molar-refractivity contribution in [1.29, 1.82) is 0 Å². The predicted molar refractivity (Wildman–Crippen MR) is 140 cm³/mol. The number of hydrogen-bond donors (Lipinski definition) is 0. The first-order valence-electron chi connectivity index (χ1n) is 12.1. The van der Waals surface area contributed by atoms with Crippen LogP contribution in [0.2, 0.25) is 5.02 Å². The molecule has 184 valence electrons. The number of carbonyl (C=O) groups excluding carboxylic acids is 1. The molecule has 2 heterocycles. The topological polar surface area (TPSA) is 56.6 Å². The Hall–Kier alpha value is -3.61. The molecule has 3 aromatic carbocycles. The van der Waals surface area contributed by atoms with Crippen LogP contribution in [0.3, 0.4) is 0 Å². The molecule has 1 aromatic heterocycles. The molecule has 1 fully saturated rings. The highest BCUT2D eigenvalue weighted by atomic mass is 35.5. The lowest BCUT2D eigenvalue weighted by Crippen LogP contribution is -2.37. The number of para-hydroxylation sites is 1. The minimum atomic E-state index is -0.0577. The average molecular weight is 502 g/mol. The van der Waals surface area contributed by atoms with E-state index in [1.807, 2.05) is 90.8 Å². The zero-order valence-corrected chi connectivity index (χ0v) is 20.9. The van der Waals surface area contributed by atoms with Gasteiger partial charge in [0.05, 0.1) is 23.2 Å². The number of aromatic nitrogens is 2. The molecular weight excluding hydrogens is 474 g/mol. The Bertz CT molecular complexity index is 1320. The fourth-order valence-electron chi connectivity index (χ4n) is 4.49. The van der Waals surface area contributed by atoms with Crippen LogP contribution in [0.15, 0.2) is 84.9 Å². The molecule has 0 radical (unpaired) electrons. The number of hydrogen-bond acceptors (Lipinski definition) is 4.